The lowest BCUT2D eigenvalue weighted by molar-refractivity contribution is -0.121. The summed E-state index contributed by atoms with van der Waals surface area (Å²) in [6.45, 7) is 4.23. The molecule has 0 unspecified atom stereocenters. The van der Waals surface area contributed by atoms with E-state index in [1.165, 1.54) is 18.5 Å². The third-order valence-corrected chi connectivity index (χ3v) is 7.12. The summed E-state index contributed by atoms with van der Waals surface area (Å²) in [4.78, 5) is 37.2. The maximum Gasteiger partial charge on any atom is 0.255 e. The number of fused-ring (bicyclic) bond motifs is 1. The SMILES string of the molecule is CCC(=O)N[C@H]1CC[C@H](NC(=O)c2c(C)[nH]c3c(-c4ccc(F)cc4OCC4CC4)ncnc23)CC1. The standard InChI is InChI=1S/C27H32FN5O3/c1-3-22(34)32-18-7-9-19(10-8-18)33-27(35)23-15(2)31-26-24(29-14-30-25(23)26)20-11-6-17(28)12-21(20)36-13-16-4-5-16/h6,11-12,14,16,18-19,31H,3-5,7-10,13H2,1-2H3,(H,32,34)(H,33,35)/t18-,19-. The summed E-state index contributed by atoms with van der Waals surface area (Å²) in [7, 11) is 0. The molecular formula is C27H32FN5O3. The van der Waals surface area contributed by atoms with Crippen molar-refractivity contribution in [2.24, 2.45) is 5.92 Å². The van der Waals surface area contributed by atoms with Crippen LogP contribution in [0.15, 0.2) is 24.5 Å². The zero-order valence-electron chi connectivity index (χ0n) is 20.7. The van der Waals surface area contributed by atoms with Crippen LogP contribution in [-0.2, 0) is 4.79 Å². The molecule has 2 fully saturated rings. The molecule has 0 aliphatic heterocycles. The van der Waals surface area contributed by atoms with Gasteiger partial charge in [0.25, 0.3) is 5.91 Å². The molecule has 2 amide bonds. The Bertz CT molecular complexity index is 1280. The number of amides is 2. The lowest BCUT2D eigenvalue weighted by Gasteiger charge is -2.29. The van der Waals surface area contributed by atoms with Gasteiger partial charge in [0.05, 0.1) is 17.7 Å². The summed E-state index contributed by atoms with van der Waals surface area (Å²) in [5.41, 5.74) is 3.55. The van der Waals surface area contributed by atoms with Crippen molar-refractivity contribution >= 4 is 22.8 Å². The predicted molar refractivity (Wildman–Crippen MR) is 134 cm³/mol. The van der Waals surface area contributed by atoms with Gasteiger partial charge in [0.2, 0.25) is 5.91 Å². The third-order valence-electron chi connectivity index (χ3n) is 7.12. The molecule has 5 rings (SSSR count). The fourth-order valence-electron chi connectivity index (χ4n) is 4.88. The van der Waals surface area contributed by atoms with E-state index in [9.17, 15) is 14.0 Å². The van der Waals surface area contributed by atoms with Gasteiger partial charge < -0.3 is 20.4 Å². The second-order valence-electron chi connectivity index (χ2n) is 9.91. The number of hydrogen-bond donors (Lipinski definition) is 3. The Morgan fingerprint density at radius 2 is 1.81 bits per heavy atom. The molecule has 0 spiro atoms. The summed E-state index contributed by atoms with van der Waals surface area (Å²) >= 11 is 0. The highest BCUT2D eigenvalue weighted by Crippen LogP contribution is 2.36. The van der Waals surface area contributed by atoms with Gasteiger partial charge in [0, 0.05) is 35.8 Å². The van der Waals surface area contributed by atoms with Crippen molar-refractivity contribution in [2.75, 3.05) is 6.61 Å². The lowest BCUT2D eigenvalue weighted by Crippen LogP contribution is -2.43. The number of nitrogens with zero attached hydrogens (tertiary/aromatic N) is 2. The van der Waals surface area contributed by atoms with Crippen LogP contribution < -0.4 is 15.4 Å². The van der Waals surface area contributed by atoms with Gasteiger partial charge in [-0.2, -0.15) is 0 Å². The second kappa shape index (κ2) is 10.2. The van der Waals surface area contributed by atoms with E-state index in [1.807, 2.05) is 13.8 Å². The fraction of sp³-hybridized carbons (Fsp3) is 0.481. The first-order valence-corrected chi connectivity index (χ1v) is 12.8. The van der Waals surface area contributed by atoms with Gasteiger partial charge >= 0.3 is 0 Å². The normalized spacial score (nSPS) is 19.8. The molecule has 0 saturated heterocycles. The Morgan fingerprint density at radius 3 is 2.50 bits per heavy atom. The van der Waals surface area contributed by atoms with Crippen LogP contribution in [0.1, 0.15) is 67.9 Å². The minimum atomic E-state index is -0.374. The summed E-state index contributed by atoms with van der Waals surface area (Å²) in [5, 5.41) is 6.20. The number of H-pyrrole nitrogens is 1. The van der Waals surface area contributed by atoms with Crippen LogP contribution >= 0.6 is 0 Å². The first-order valence-electron chi connectivity index (χ1n) is 12.8. The van der Waals surface area contributed by atoms with Gasteiger partial charge in [-0.3, -0.25) is 9.59 Å². The summed E-state index contributed by atoms with van der Waals surface area (Å²) in [5.74, 6) is 0.463. The smallest absolute Gasteiger partial charge is 0.255 e. The number of aryl methyl sites for hydroxylation is 1. The molecule has 190 valence electrons. The van der Waals surface area contributed by atoms with Crippen molar-refractivity contribution in [3.63, 3.8) is 0 Å². The van der Waals surface area contributed by atoms with Crippen LogP contribution in [0.4, 0.5) is 4.39 Å². The molecule has 2 aliphatic rings. The second-order valence-corrected chi connectivity index (χ2v) is 9.91. The Balaban J connectivity index is 1.36. The van der Waals surface area contributed by atoms with Crippen molar-refractivity contribution in [1.82, 2.24) is 25.6 Å². The molecule has 3 N–H and O–H groups in total. The summed E-state index contributed by atoms with van der Waals surface area (Å²) in [6.07, 6.45) is 7.45. The fourth-order valence-corrected chi connectivity index (χ4v) is 4.88. The van der Waals surface area contributed by atoms with Crippen molar-refractivity contribution in [2.45, 2.75) is 70.9 Å². The topological polar surface area (TPSA) is 109 Å². The van der Waals surface area contributed by atoms with Crippen molar-refractivity contribution in [1.29, 1.82) is 0 Å². The Morgan fingerprint density at radius 1 is 1.08 bits per heavy atom. The summed E-state index contributed by atoms with van der Waals surface area (Å²) < 4.78 is 20.0. The van der Waals surface area contributed by atoms with Gasteiger partial charge in [-0.15, -0.1) is 0 Å². The number of hydrogen-bond acceptors (Lipinski definition) is 5. The molecule has 2 aliphatic carbocycles. The molecule has 9 heteroatoms. The number of nitrogens with one attached hydrogen (secondary N) is 3. The van der Waals surface area contributed by atoms with Crippen LogP contribution in [0.5, 0.6) is 5.75 Å². The highest BCUT2D eigenvalue weighted by molar-refractivity contribution is 6.09. The van der Waals surface area contributed by atoms with Crippen LogP contribution in [0.2, 0.25) is 0 Å². The monoisotopic (exact) mass is 493 g/mol. The van der Waals surface area contributed by atoms with E-state index in [2.05, 4.69) is 25.6 Å². The summed E-state index contributed by atoms with van der Waals surface area (Å²) in [6, 6.07) is 4.63. The first-order chi connectivity index (χ1) is 17.4. The molecular weight excluding hydrogens is 461 g/mol. The molecule has 0 radical (unpaired) electrons. The van der Waals surface area contributed by atoms with Crippen molar-refractivity contribution in [3.8, 4) is 17.0 Å². The van der Waals surface area contributed by atoms with Gasteiger partial charge in [-0.1, -0.05) is 6.92 Å². The highest BCUT2D eigenvalue weighted by atomic mass is 19.1. The van der Waals surface area contributed by atoms with Crippen molar-refractivity contribution in [3.05, 3.63) is 41.6 Å². The maximum absolute atomic E-state index is 14.0. The molecule has 3 aromatic rings. The maximum atomic E-state index is 14.0. The average molecular weight is 494 g/mol. The molecule has 0 atom stereocenters. The van der Waals surface area contributed by atoms with Gasteiger partial charge in [-0.25, -0.2) is 14.4 Å². The molecule has 36 heavy (non-hydrogen) atoms. The Hall–Kier alpha value is -3.49. The van der Waals surface area contributed by atoms with E-state index < -0.39 is 0 Å². The molecule has 1 aromatic carbocycles. The number of rotatable bonds is 8. The van der Waals surface area contributed by atoms with Crippen LogP contribution in [0.3, 0.4) is 0 Å². The van der Waals surface area contributed by atoms with Crippen molar-refractivity contribution < 1.29 is 18.7 Å². The number of benzene rings is 1. The largest absolute Gasteiger partial charge is 0.492 e. The van der Waals surface area contributed by atoms with Gasteiger partial charge in [0.1, 0.15) is 29.1 Å². The number of ether oxygens (including phenoxy) is 1. The van der Waals surface area contributed by atoms with Gasteiger partial charge in [-0.05, 0) is 63.5 Å². The molecule has 0 bridgehead atoms. The minimum absolute atomic E-state index is 0.0393. The quantitative estimate of drug-likeness (QED) is 0.430. The van der Waals surface area contributed by atoms with E-state index in [-0.39, 0.29) is 29.7 Å². The van der Waals surface area contributed by atoms with E-state index in [1.54, 1.807) is 6.07 Å². The number of carbonyl (C=O) groups is 2. The van der Waals surface area contributed by atoms with E-state index in [4.69, 9.17) is 4.74 Å². The first kappa shape index (κ1) is 24.2. The predicted octanol–water partition coefficient (Wildman–Crippen LogP) is 4.43. The zero-order chi connectivity index (χ0) is 25.2. The minimum Gasteiger partial charge on any atom is -0.492 e. The van der Waals surface area contributed by atoms with Crippen LogP contribution in [0.25, 0.3) is 22.3 Å². The molecule has 8 nitrogen and oxygen atoms in total. The van der Waals surface area contributed by atoms with E-state index in [0.29, 0.717) is 58.2 Å². The third kappa shape index (κ3) is 5.20. The molecule has 2 heterocycles. The van der Waals surface area contributed by atoms with E-state index >= 15 is 0 Å². The zero-order valence-corrected chi connectivity index (χ0v) is 20.7. The lowest BCUT2D eigenvalue weighted by atomic mass is 9.91. The van der Waals surface area contributed by atoms with Gasteiger partial charge in [0.15, 0.2) is 0 Å². The van der Waals surface area contributed by atoms with Crippen LogP contribution in [0, 0.1) is 18.7 Å². The van der Waals surface area contributed by atoms with Crippen LogP contribution in [-0.4, -0.2) is 45.5 Å². The number of aromatic amines is 1. The average Bonchev–Trinajstić information content (AvgIpc) is 3.63. The Kier molecular flexibility index (Phi) is 6.89. The molecule has 2 saturated carbocycles. The highest BCUT2D eigenvalue weighted by Gasteiger charge is 2.27. The Labute approximate surface area is 209 Å². The number of carbonyl (C=O) groups excluding carboxylic acids is 2. The van der Waals surface area contributed by atoms with E-state index in [0.717, 1.165) is 38.5 Å². The number of halogens is 1. The number of aromatic nitrogens is 3. The molecule has 2 aromatic heterocycles.